The van der Waals surface area contributed by atoms with Gasteiger partial charge in [0.2, 0.25) is 5.91 Å². The maximum Gasteiger partial charge on any atom is 0.305 e. The van der Waals surface area contributed by atoms with Crippen LogP contribution in [0.4, 0.5) is 0 Å². The van der Waals surface area contributed by atoms with Crippen LogP contribution in [0.2, 0.25) is 0 Å². The fourth-order valence-electron chi connectivity index (χ4n) is 2.79. The highest BCUT2D eigenvalue weighted by atomic mass is 79.9. The van der Waals surface area contributed by atoms with Crippen LogP contribution in [0.25, 0.3) is 5.69 Å². The summed E-state index contributed by atoms with van der Waals surface area (Å²) in [6.45, 7) is 4.01. The van der Waals surface area contributed by atoms with Gasteiger partial charge in [0.05, 0.1) is 12.6 Å². The monoisotopic (exact) mass is 448 g/mol. The van der Waals surface area contributed by atoms with E-state index in [9.17, 15) is 9.59 Å². The number of amidine groups is 1. The Labute approximate surface area is 168 Å². The largest absolute Gasteiger partial charge is 0.481 e. The molecular weight excluding hydrogens is 432 g/mol. The number of carboxylic acid groups (broad SMARTS) is 1. The Bertz CT molecular complexity index is 950. The Kier molecular flexibility index (Phi) is 5.81. The van der Waals surface area contributed by atoms with Crippen molar-refractivity contribution in [1.29, 1.82) is 0 Å². The molecule has 1 aliphatic rings. The number of amides is 1. The topological polar surface area (TPSA) is 96.1 Å². The molecular formula is C18H17BrN4O3S. The number of nitrogens with one attached hydrogen (secondary N) is 1. The van der Waals surface area contributed by atoms with Gasteiger partial charge in [0, 0.05) is 27.1 Å². The number of hydrogen-bond acceptors (Lipinski definition) is 5. The molecule has 7 nitrogen and oxygen atoms in total. The van der Waals surface area contributed by atoms with E-state index in [4.69, 9.17) is 5.11 Å². The summed E-state index contributed by atoms with van der Waals surface area (Å²) in [5.41, 5.74) is 4.05. The smallest absolute Gasteiger partial charge is 0.305 e. The molecule has 1 unspecified atom stereocenters. The molecule has 1 aromatic heterocycles. The van der Waals surface area contributed by atoms with Gasteiger partial charge >= 0.3 is 5.97 Å². The van der Waals surface area contributed by atoms with Crippen LogP contribution in [0.15, 0.2) is 45.0 Å². The number of rotatable bonds is 5. The second-order valence-corrected chi connectivity index (χ2v) is 8.09. The van der Waals surface area contributed by atoms with Crippen LogP contribution in [0.1, 0.15) is 23.4 Å². The van der Waals surface area contributed by atoms with Gasteiger partial charge in [-0.1, -0.05) is 27.7 Å². The number of aromatic nitrogens is 1. The maximum absolute atomic E-state index is 11.7. The molecule has 0 saturated carbocycles. The van der Waals surface area contributed by atoms with Crippen LogP contribution in [0.3, 0.4) is 0 Å². The van der Waals surface area contributed by atoms with E-state index < -0.39 is 11.2 Å². The number of carbonyl (C=O) groups excluding carboxylic acids is 1. The summed E-state index contributed by atoms with van der Waals surface area (Å²) in [6.07, 6.45) is 1.38. The Morgan fingerprint density at radius 2 is 2.07 bits per heavy atom. The average molecular weight is 449 g/mol. The van der Waals surface area contributed by atoms with Gasteiger partial charge < -0.3 is 15.0 Å². The standard InChI is InChI=1S/C18H17BrN4O3S/c1-10-7-12(11(2)23(10)14-5-3-13(19)4-6-14)9-20-22-18-21-17(26)15(27-18)8-16(24)25/h3-7,9,15H,8H2,1-2H3,(H,24,25)(H,21,22,26). The molecule has 0 aliphatic carbocycles. The number of aryl methyl sites for hydroxylation is 1. The van der Waals surface area contributed by atoms with E-state index >= 15 is 0 Å². The molecule has 0 spiro atoms. The summed E-state index contributed by atoms with van der Waals surface area (Å²) in [7, 11) is 0. The van der Waals surface area contributed by atoms with Gasteiger partial charge in [0.25, 0.3) is 0 Å². The van der Waals surface area contributed by atoms with Crippen molar-refractivity contribution in [1.82, 2.24) is 9.88 Å². The average Bonchev–Trinajstić information content (AvgIpc) is 3.08. The Hall–Kier alpha value is -2.39. The van der Waals surface area contributed by atoms with Crippen LogP contribution >= 0.6 is 27.7 Å². The summed E-state index contributed by atoms with van der Waals surface area (Å²) < 4.78 is 3.14. The molecule has 1 fully saturated rings. The molecule has 9 heteroatoms. The summed E-state index contributed by atoms with van der Waals surface area (Å²) in [5.74, 6) is -1.38. The highest BCUT2D eigenvalue weighted by Crippen LogP contribution is 2.23. The number of benzene rings is 1. The lowest BCUT2D eigenvalue weighted by Crippen LogP contribution is -2.26. The van der Waals surface area contributed by atoms with Crippen LogP contribution in [0, 0.1) is 13.8 Å². The molecule has 2 N–H and O–H groups in total. The minimum atomic E-state index is -1.02. The van der Waals surface area contributed by atoms with Crippen molar-refractivity contribution >= 4 is 51.0 Å². The number of aliphatic carboxylic acids is 1. The third-order valence-electron chi connectivity index (χ3n) is 4.04. The fourth-order valence-corrected chi connectivity index (χ4v) is 3.97. The third-order valence-corrected chi connectivity index (χ3v) is 5.64. The van der Waals surface area contributed by atoms with Gasteiger partial charge in [-0.2, -0.15) is 5.10 Å². The van der Waals surface area contributed by atoms with Gasteiger partial charge in [0.1, 0.15) is 5.25 Å². The quantitative estimate of drug-likeness (QED) is 0.541. The lowest BCUT2D eigenvalue weighted by atomic mass is 10.2. The SMILES string of the molecule is Cc1cc(C=N/N=C2/NC(=O)C(CC(=O)O)S2)c(C)n1-c1ccc(Br)cc1. The minimum Gasteiger partial charge on any atom is -0.481 e. The van der Waals surface area contributed by atoms with Crippen LogP contribution in [-0.2, 0) is 9.59 Å². The third kappa shape index (κ3) is 4.48. The number of carbonyl (C=O) groups is 2. The molecule has 3 rings (SSSR count). The van der Waals surface area contributed by atoms with Crippen LogP contribution < -0.4 is 5.32 Å². The highest BCUT2D eigenvalue weighted by Gasteiger charge is 2.32. The minimum absolute atomic E-state index is 0.242. The zero-order valence-corrected chi connectivity index (χ0v) is 17.0. The van der Waals surface area contributed by atoms with Gasteiger partial charge in [-0.15, -0.1) is 5.10 Å². The van der Waals surface area contributed by atoms with Gasteiger partial charge in [-0.05, 0) is 44.2 Å². The predicted octanol–water partition coefficient (Wildman–Crippen LogP) is 3.25. The molecule has 1 aliphatic heterocycles. The number of halogens is 1. The molecule has 1 aromatic carbocycles. The number of carboxylic acids is 1. The van der Waals surface area contributed by atoms with Gasteiger partial charge in [0.15, 0.2) is 5.17 Å². The van der Waals surface area contributed by atoms with Gasteiger partial charge in [-0.3, -0.25) is 9.59 Å². The summed E-state index contributed by atoms with van der Waals surface area (Å²) in [4.78, 5) is 22.4. The Morgan fingerprint density at radius 3 is 2.74 bits per heavy atom. The second-order valence-electron chi connectivity index (χ2n) is 5.98. The fraction of sp³-hybridized carbons (Fsp3) is 0.222. The van der Waals surface area contributed by atoms with E-state index in [1.165, 1.54) is 0 Å². The van der Waals surface area contributed by atoms with Crippen molar-refractivity contribution in [2.75, 3.05) is 0 Å². The van der Waals surface area contributed by atoms with E-state index in [0.29, 0.717) is 5.17 Å². The van der Waals surface area contributed by atoms with Crippen molar-refractivity contribution in [3.8, 4) is 5.69 Å². The lowest BCUT2D eigenvalue weighted by Gasteiger charge is -2.09. The van der Waals surface area contributed by atoms with Crippen molar-refractivity contribution in [3.05, 3.63) is 51.8 Å². The first-order valence-corrected chi connectivity index (χ1v) is 9.77. The van der Waals surface area contributed by atoms with Crippen LogP contribution in [-0.4, -0.2) is 38.2 Å². The molecule has 1 amide bonds. The Balaban J connectivity index is 1.77. The second kappa shape index (κ2) is 8.10. The van der Waals surface area contributed by atoms with Crippen molar-refractivity contribution in [2.45, 2.75) is 25.5 Å². The molecule has 27 heavy (non-hydrogen) atoms. The zero-order valence-electron chi connectivity index (χ0n) is 14.6. The van der Waals surface area contributed by atoms with Gasteiger partial charge in [-0.25, -0.2) is 0 Å². The van der Waals surface area contributed by atoms with E-state index in [-0.39, 0.29) is 12.3 Å². The molecule has 0 bridgehead atoms. The number of hydrogen-bond donors (Lipinski definition) is 2. The number of nitrogens with zero attached hydrogens (tertiary/aromatic N) is 3. The first-order valence-electron chi connectivity index (χ1n) is 8.10. The molecule has 2 heterocycles. The molecule has 2 aromatic rings. The molecule has 0 radical (unpaired) electrons. The predicted molar refractivity (Wildman–Crippen MR) is 110 cm³/mol. The first-order chi connectivity index (χ1) is 12.8. The number of thioether (sulfide) groups is 1. The zero-order chi connectivity index (χ0) is 19.6. The van der Waals surface area contributed by atoms with E-state index in [1.54, 1.807) is 6.21 Å². The summed E-state index contributed by atoms with van der Waals surface area (Å²) in [6, 6.07) is 10.0. The molecule has 1 saturated heterocycles. The van der Waals surface area contributed by atoms with Crippen molar-refractivity contribution in [3.63, 3.8) is 0 Å². The van der Waals surface area contributed by atoms with Crippen molar-refractivity contribution in [2.24, 2.45) is 10.2 Å². The lowest BCUT2D eigenvalue weighted by molar-refractivity contribution is -0.138. The normalized spacial score (nSPS) is 18.4. The van der Waals surface area contributed by atoms with Crippen LogP contribution in [0.5, 0.6) is 0 Å². The van der Waals surface area contributed by atoms with E-state index in [0.717, 1.165) is 38.9 Å². The first kappa shape index (κ1) is 19.4. The molecule has 1 atom stereocenters. The molecule has 140 valence electrons. The summed E-state index contributed by atoms with van der Waals surface area (Å²) in [5, 5.41) is 19.0. The van der Waals surface area contributed by atoms with E-state index in [2.05, 4.69) is 36.0 Å². The maximum atomic E-state index is 11.7. The Morgan fingerprint density at radius 1 is 1.37 bits per heavy atom. The van der Waals surface area contributed by atoms with E-state index in [1.807, 2.05) is 44.2 Å². The van der Waals surface area contributed by atoms with Crippen molar-refractivity contribution < 1.29 is 14.7 Å². The highest BCUT2D eigenvalue weighted by molar-refractivity contribution is 9.10. The summed E-state index contributed by atoms with van der Waals surface area (Å²) >= 11 is 4.52.